The van der Waals surface area contributed by atoms with Gasteiger partial charge in [0.25, 0.3) is 0 Å². The Kier molecular flexibility index (Phi) is 4.14. The van der Waals surface area contributed by atoms with Crippen LogP contribution in [-0.4, -0.2) is 54.3 Å². The maximum Gasteiger partial charge on any atom is 0.239 e. The maximum absolute atomic E-state index is 13.6. The molecule has 0 aromatic heterocycles. The van der Waals surface area contributed by atoms with Crippen LogP contribution in [0.2, 0.25) is 0 Å². The van der Waals surface area contributed by atoms with Crippen molar-refractivity contribution in [3.63, 3.8) is 0 Å². The van der Waals surface area contributed by atoms with E-state index in [0.29, 0.717) is 36.0 Å². The summed E-state index contributed by atoms with van der Waals surface area (Å²) in [6, 6.07) is 13.5. The Morgan fingerprint density at radius 2 is 1.65 bits per heavy atom. The summed E-state index contributed by atoms with van der Waals surface area (Å²) in [7, 11) is 0. The van der Waals surface area contributed by atoms with Gasteiger partial charge in [0.2, 0.25) is 11.8 Å². The minimum Gasteiger partial charge on any atom is -0.486 e. The molecule has 0 radical (unpaired) electrons. The Labute approximate surface area is 179 Å². The SMILES string of the molecule is O=C(c1ccccc1)[C@H]1[C@H]2C(=O)N(c3ccc4c(c3)OCCO4)C(=O)[C@H]2[C@H]2CCCN21. The third kappa shape index (κ3) is 2.66. The van der Waals surface area contributed by atoms with Gasteiger partial charge in [-0.25, -0.2) is 4.90 Å². The highest BCUT2D eigenvalue weighted by Gasteiger charge is 2.64. The molecule has 3 saturated heterocycles. The number of ketones is 1. The van der Waals surface area contributed by atoms with Crippen molar-refractivity contribution in [1.29, 1.82) is 0 Å². The zero-order valence-electron chi connectivity index (χ0n) is 16.9. The first-order valence-corrected chi connectivity index (χ1v) is 10.8. The topological polar surface area (TPSA) is 76.1 Å². The van der Waals surface area contributed by atoms with Crippen molar-refractivity contribution in [3.8, 4) is 11.5 Å². The summed E-state index contributed by atoms with van der Waals surface area (Å²) >= 11 is 0. The Morgan fingerprint density at radius 1 is 0.903 bits per heavy atom. The molecule has 0 unspecified atom stereocenters. The van der Waals surface area contributed by atoms with Crippen LogP contribution in [-0.2, 0) is 9.59 Å². The number of anilines is 1. The third-order valence-corrected chi connectivity index (χ3v) is 6.96. The molecule has 0 spiro atoms. The average Bonchev–Trinajstić information content (AvgIpc) is 3.45. The second-order valence-corrected chi connectivity index (χ2v) is 8.51. The zero-order chi connectivity index (χ0) is 21.1. The third-order valence-electron chi connectivity index (χ3n) is 6.96. The molecule has 4 aliphatic heterocycles. The predicted octanol–water partition coefficient (Wildman–Crippen LogP) is 2.29. The molecule has 2 aromatic carbocycles. The second-order valence-electron chi connectivity index (χ2n) is 8.51. The molecule has 0 aliphatic carbocycles. The van der Waals surface area contributed by atoms with E-state index in [1.165, 1.54) is 4.90 Å². The predicted molar refractivity (Wildman–Crippen MR) is 111 cm³/mol. The summed E-state index contributed by atoms with van der Waals surface area (Å²) in [5.74, 6) is -0.596. The highest BCUT2D eigenvalue weighted by atomic mass is 16.6. The van der Waals surface area contributed by atoms with Crippen LogP contribution in [0.1, 0.15) is 23.2 Å². The van der Waals surface area contributed by atoms with Crippen LogP contribution in [0.3, 0.4) is 0 Å². The van der Waals surface area contributed by atoms with E-state index in [1.54, 1.807) is 30.3 Å². The molecular formula is C24H22N2O5. The van der Waals surface area contributed by atoms with Gasteiger partial charge < -0.3 is 9.47 Å². The number of ether oxygens (including phenoxy) is 2. The Morgan fingerprint density at radius 3 is 2.45 bits per heavy atom. The molecule has 0 bridgehead atoms. The van der Waals surface area contributed by atoms with Crippen LogP contribution in [0.4, 0.5) is 5.69 Å². The van der Waals surface area contributed by atoms with Crippen molar-refractivity contribution in [2.75, 3.05) is 24.7 Å². The Hall–Kier alpha value is -3.19. The van der Waals surface area contributed by atoms with Crippen molar-refractivity contribution in [2.24, 2.45) is 11.8 Å². The lowest BCUT2D eigenvalue weighted by atomic mass is 9.85. The first-order valence-electron chi connectivity index (χ1n) is 10.8. The largest absolute Gasteiger partial charge is 0.486 e. The number of fused-ring (bicyclic) bond motifs is 4. The van der Waals surface area contributed by atoms with Gasteiger partial charge in [0, 0.05) is 17.7 Å². The lowest BCUT2D eigenvalue weighted by molar-refractivity contribution is -0.123. The Balaban J connectivity index is 1.39. The van der Waals surface area contributed by atoms with E-state index >= 15 is 0 Å². The molecule has 158 valence electrons. The first kappa shape index (κ1) is 18.6. The molecule has 7 heteroatoms. The summed E-state index contributed by atoms with van der Waals surface area (Å²) in [4.78, 5) is 43.9. The number of rotatable bonds is 3. The average molecular weight is 418 g/mol. The number of benzene rings is 2. The van der Waals surface area contributed by atoms with E-state index in [4.69, 9.17) is 9.47 Å². The smallest absolute Gasteiger partial charge is 0.239 e. The fraction of sp³-hybridized carbons (Fsp3) is 0.375. The summed E-state index contributed by atoms with van der Waals surface area (Å²) in [5, 5.41) is 0. The van der Waals surface area contributed by atoms with E-state index in [-0.39, 0.29) is 23.6 Å². The van der Waals surface area contributed by atoms with Crippen LogP contribution in [0.25, 0.3) is 0 Å². The monoisotopic (exact) mass is 418 g/mol. The van der Waals surface area contributed by atoms with Gasteiger partial charge in [-0.15, -0.1) is 0 Å². The molecule has 4 aliphatic rings. The van der Waals surface area contributed by atoms with Gasteiger partial charge in [-0.1, -0.05) is 30.3 Å². The van der Waals surface area contributed by atoms with Crippen LogP contribution in [0, 0.1) is 11.8 Å². The summed E-state index contributed by atoms with van der Waals surface area (Å²) < 4.78 is 11.2. The number of carbonyl (C=O) groups is 3. The molecule has 31 heavy (non-hydrogen) atoms. The van der Waals surface area contributed by atoms with Gasteiger partial charge in [-0.2, -0.15) is 0 Å². The van der Waals surface area contributed by atoms with Crippen LogP contribution in [0.5, 0.6) is 11.5 Å². The quantitative estimate of drug-likeness (QED) is 0.562. The molecule has 2 amide bonds. The number of imide groups is 1. The Bertz CT molecular complexity index is 1080. The van der Waals surface area contributed by atoms with E-state index in [2.05, 4.69) is 4.90 Å². The number of amides is 2. The van der Waals surface area contributed by atoms with Gasteiger partial charge in [0.1, 0.15) is 13.2 Å². The normalized spacial score (nSPS) is 29.2. The lowest BCUT2D eigenvalue weighted by Gasteiger charge is -2.28. The van der Waals surface area contributed by atoms with Crippen LogP contribution >= 0.6 is 0 Å². The van der Waals surface area contributed by atoms with E-state index < -0.39 is 17.9 Å². The molecular weight excluding hydrogens is 396 g/mol. The molecule has 7 nitrogen and oxygen atoms in total. The number of hydrogen-bond acceptors (Lipinski definition) is 6. The molecule has 0 N–H and O–H groups in total. The first-order chi connectivity index (χ1) is 15.1. The maximum atomic E-state index is 13.6. The minimum atomic E-state index is -0.654. The van der Waals surface area contributed by atoms with Gasteiger partial charge >= 0.3 is 0 Å². The summed E-state index contributed by atoms with van der Waals surface area (Å²) in [5.41, 5.74) is 1.06. The van der Waals surface area contributed by atoms with Gasteiger partial charge in [0.05, 0.1) is 23.6 Å². The van der Waals surface area contributed by atoms with Crippen molar-refractivity contribution >= 4 is 23.3 Å². The number of Topliss-reactive ketones (excluding diaryl/α,β-unsaturated/α-hetero) is 1. The molecule has 4 heterocycles. The fourth-order valence-corrected chi connectivity index (χ4v) is 5.71. The van der Waals surface area contributed by atoms with Crippen molar-refractivity contribution in [3.05, 3.63) is 54.1 Å². The molecule has 2 aromatic rings. The highest BCUT2D eigenvalue weighted by Crippen LogP contribution is 2.49. The summed E-state index contributed by atoms with van der Waals surface area (Å²) in [6.45, 7) is 1.64. The number of hydrogen-bond donors (Lipinski definition) is 0. The van der Waals surface area contributed by atoms with E-state index in [1.807, 2.05) is 18.2 Å². The van der Waals surface area contributed by atoms with E-state index in [0.717, 1.165) is 19.4 Å². The van der Waals surface area contributed by atoms with Crippen LogP contribution in [0.15, 0.2) is 48.5 Å². The second kappa shape index (κ2) is 6.92. The van der Waals surface area contributed by atoms with Crippen molar-refractivity contribution < 1.29 is 23.9 Å². The summed E-state index contributed by atoms with van der Waals surface area (Å²) in [6.07, 6.45) is 1.76. The van der Waals surface area contributed by atoms with Crippen molar-refractivity contribution in [2.45, 2.75) is 24.9 Å². The zero-order valence-corrected chi connectivity index (χ0v) is 16.9. The molecule has 0 saturated carbocycles. The lowest BCUT2D eigenvalue weighted by Crippen LogP contribution is -2.46. The molecule has 6 rings (SSSR count). The van der Waals surface area contributed by atoms with Gasteiger partial charge in [-0.05, 0) is 31.5 Å². The van der Waals surface area contributed by atoms with Crippen LogP contribution < -0.4 is 14.4 Å². The minimum absolute atomic E-state index is 0.0682. The van der Waals surface area contributed by atoms with E-state index in [9.17, 15) is 14.4 Å². The fourth-order valence-electron chi connectivity index (χ4n) is 5.71. The molecule has 4 atom stereocenters. The highest BCUT2D eigenvalue weighted by molar-refractivity contribution is 6.24. The van der Waals surface area contributed by atoms with Crippen molar-refractivity contribution in [1.82, 2.24) is 4.90 Å². The van der Waals surface area contributed by atoms with Gasteiger partial charge in [-0.3, -0.25) is 19.3 Å². The number of nitrogens with zero attached hydrogens (tertiary/aromatic N) is 2. The number of carbonyl (C=O) groups excluding carboxylic acids is 3. The standard InChI is InChI=1S/C24H22N2O5/c27-22(14-5-2-1-3-6-14)21-20-19(16-7-4-10-25(16)21)23(28)26(24(20)29)15-8-9-17-18(13-15)31-12-11-30-17/h1-3,5-6,8-9,13,16,19-21H,4,7,10-12H2/t16-,19+,20+,21-/m1/s1. The van der Waals surface area contributed by atoms with Gasteiger partial charge in [0.15, 0.2) is 17.3 Å². The molecule has 3 fully saturated rings.